The normalized spacial score (nSPS) is 26.4. The Morgan fingerprint density at radius 2 is 1.81 bits per heavy atom. The van der Waals surface area contributed by atoms with E-state index in [1.165, 1.54) is 6.08 Å². The van der Waals surface area contributed by atoms with Crippen LogP contribution in [0.5, 0.6) is 11.5 Å². The van der Waals surface area contributed by atoms with Crippen molar-refractivity contribution in [3.05, 3.63) is 46.9 Å². The average Bonchev–Trinajstić information content (AvgIpc) is 3.14. The van der Waals surface area contributed by atoms with Crippen LogP contribution < -0.4 is 0 Å². The minimum atomic E-state index is -1.63. The largest absolute Gasteiger partial charge is 0.504 e. The van der Waals surface area contributed by atoms with Gasteiger partial charge in [0.25, 0.3) is 0 Å². The van der Waals surface area contributed by atoms with Crippen molar-refractivity contribution in [2.75, 3.05) is 0 Å². The first kappa shape index (κ1) is 15.6. The summed E-state index contributed by atoms with van der Waals surface area (Å²) in [5, 5.41) is 29.5. The van der Waals surface area contributed by atoms with Crippen LogP contribution in [-0.2, 0) is 14.3 Å². The molecule has 0 fully saturated rings. The molecule has 2 aromatic rings. The number of carbonyl (C=O) groups is 3. The summed E-state index contributed by atoms with van der Waals surface area (Å²) in [5.74, 6) is -3.99. The third-order valence-corrected chi connectivity index (χ3v) is 4.81. The summed E-state index contributed by atoms with van der Waals surface area (Å²) >= 11 is 0. The van der Waals surface area contributed by atoms with Crippen molar-refractivity contribution in [2.24, 2.45) is 0 Å². The van der Waals surface area contributed by atoms with Gasteiger partial charge in [-0.15, -0.1) is 0 Å². The molecule has 9 nitrogen and oxygen atoms in total. The van der Waals surface area contributed by atoms with Crippen LogP contribution in [0.2, 0.25) is 0 Å². The smallest absolute Gasteiger partial charge is 0.331 e. The fourth-order valence-electron chi connectivity index (χ4n) is 3.68. The zero-order chi connectivity index (χ0) is 19.1. The summed E-state index contributed by atoms with van der Waals surface area (Å²) < 4.78 is 15.9. The number of benzene rings is 1. The van der Waals surface area contributed by atoms with E-state index >= 15 is 0 Å². The number of furan rings is 1. The number of hydrogen-bond acceptors (Lipinski definition) is 9. The highest BCUT2D eigenvalue weighted by molar-refractivity contribution is 6.30. The van der Waals surface area contributed by atoms with Crippen molar-refractivity contribution in [2.45, 2.75) is 18.3 Å². The number of ketones is 2. The Bertz CT molecular complexity index is 1150. The van der Waals surface area contributed by atoms with E-state index in [1.54, 1.807) is 0 Å². The van der Waals surface area contributed by atoms with Gasteiger partial charge >= 0.3 is 5.97 Å². The fourth-order valence-corrected chi connectivity index (χ4v) is 3.68. The van der Waals surface area contributed by atoms with Gasteiger partial charge in [-0.3, -0.25) is 9.59 Å². The van der Waals surface area contributed by atoms with Crippen molar-refractivity contribution in [3.63, 3.8) is 0 Å². The third-order valence-electron chi connectivity index (χ3n) is 4.81. The molecule has 1 aliphatic carbocycles. The van der Waals surface area contributed by atoms with E-state index in [1.807, 2.05) is 0 Å². The summed E-state index contributed by atoms with van der Waals surface area (Å²) in [6, 6.07) is 2.16. The van der Waals surface area contributed by atoms with E-state index in [-0.39, 0.29) is 34.3 Å². The summed E-state index contributed by atoms with van der Waals surface area (Å²) in [6.07, 6.45) is 0.662. The average molecular weight is 370 g/mol. The Labute approximate surface area is 149 Å². The van der Waals surface area contributed by atoms with Gasteiger partial charge in [0.15, 0.2) is 28.6 Å². The lowest BCUT2D eigenvalue weighted by Gasteiger charge is -2.37. The molecular formula is C18H10O9. The van der Waals surface area contributed by atoms with Gasteiger partial charge in [0, 0.05) is 17.5 Å². The molecule has 0 radical (unpaired) electrons. The molecule has 2 aliphatic heterocycles. The molecule has 3 heterocycles. The SMILES string of the molecule is O=C1C=C[C@]2(C[C@H](O)OC3=C2C(=O)c2oc4cc(O)c(O)cc4c2C3=O)O1. The lowest BCUT2D eigenvalue weighted by Crippen LogP contribution is -2.46. The molecule has 0 unspecified atom stereocenters. The molecule has 136 valence electrons. The topological polar surface area (TPSA) is 144 Å². The van der Waals surface area contributed by atoms with Crippen LogP contribution in [0, 0.1) is 0 Å². The molecule has 1 spiro atoms. The number of esters is 1. The number of carbonyl (C=O) groups excluding carboxylic acids is 3. The number of rotatable bonds is 0. The summed E-state index contributed by atoms with van der Waals surface area (Å²) in [6.45, 7) is 0. The van der Waals surface area contributed by atoms with Crippen molar-refractivity contribution in [3.8, 4) is 11.5 Å². The number of ether oxygens (including phenoxy) is 2. The molecule has 0 bridgehead atoms. The molecular weight excluding hydrogens is 360 g/mol. The number of allylic oxidation sites excluding steroid dienone is 1. The Hall–Kier alpha value is -3.59. The fraction of sp³-hybridized carbons (Fsp3) is 0.167. The minimum Gasteiger partial charge on any atom is -0.504 e. The second kappa shape index (κ2) is 4.77. The van der Waals surface area contributed by atoms with Gasteiger partial charge in [-0.25, -0.2) is 4.79 Å². The van der Waals surface area contributed by atoms with E-state index in [0.717, 1.165) is 18.2 Å². The van der Waals surface area contributed by atoms with Crippen LogP contribution in [-0.4, -0.2) is 44.7 Å². The van der Waals surface area contributed by atoms with E-state index in [4.69, 9.17) is 13.9 Å². The molecule has 0 amide bonds. The van der Waals surface area contributed by atoms with Crippen LogP contribution in [0.3, 0.4) is 0 Å². The Morgan fingerprint density at radius 1 is 1.07 bits per heavy atom. The molecule has 9 heteroatoms. The number of aliphatic hydroxyl groups is 1. The Kier molecular flexibility index (Phi) is 2.76. The van der Waals surface area contributed by atoms with Gasteiger partial charge in [-0.05, 0) is 12.1 Å². The lowest BCUT2D eigenvalue weighted by atomic mass is 9.78. The maximum absolute atomic E-state index is 13.1. The number of Topliss-reactive ketones (excluding diaryl/α,β-unsaturated/α-hetero) is 2. The van der Waals surface area contributed by atoms with Crippen LogP contribution in [0.25, 0.3) is 11.0 Å². The number of fused-ring (bicyclic) bond motifs is 4. The molecule has 1 aromatic carbocycles. The van der Waals surface area contributed by atoms with Gasteiger partial charge in [0.05, 0.1) is 17.6 Å². The summed E-state index contributed by atoms with van der Waals surface area (Å²) in [7, 11) is 0. The van der Waals surface area contributed by atoms with Crippen LogP contribution >= 0.6 is 0 Å². The maximum Gasteiger partial charge on any atom is 0.331 e. The second-order valence-electron chi connectivity index (χ2n) is 6.43. The first-order chi connectivity index (χ1) is 12.8. The summed E-state index contributed by atoms with van der Waals surface area (Å²) in [5.41, 5.74) is -2.02. The highest BCUT2D eigenvalue weighted by Crippen LogP contribution is 2.47. The van der Waals surface area contributed by atoms with Gasteiger partial charge < -0.3 is 29.2 Å². The molecule has 3 N–H and O–H groups in total. The van der Waals surface area contributed by atoms with Gasteiger partial charge in [0.1, 0.15) is 5.58 Å². The first-order valence-corrected chi connectivity index (χ1v) is 7.90. The first-order valence-electron chi connectivity index (χ1n) is 7.90. The van der Waals surface area contributed by atoms with E-state index < -0.39 is 46.7 Å². The van der Waals surface area contributed by atoms with E-state index in [2.05, 4.69) is 0 Å². The van der Waals surface area contributed by atoms with Crippen LogP contribution in [0.4, 0.5) is 0 Å². The molecule has 0 saturated carbocycles. The minimum absolute atomic E-state index is 0.00500. The Morgan fingerprint density at radius 3 is 2.52 bits per heavy atom. The van der Waals surface area contributed by atoms with Gasteiger partial charge in [-0.1, -0.05) is 0 Å². The van der Waals surface area contributed by atoms with Crippen molar-refractivity contribution < 1.29 is 43.6 Å². The Balaban J connectivity index is 1.78. The van der Waals surface area contributed by atoms with Crippen LogP contribution in [0.1, 0.15) is 27.3 Å². The molecule has 3 aliphatic rings. The van der Waals surface area contributed by atoms with Crippen molar-refractivity contribution in [1.29, 1.82) is 0 Å². The second-order valence-corrected chi connectivity index (χ2v) is 6.43. The number of phenols is 2. The highest BCUT2D eigenvalue weighted by Gasteiger charge is 2.55. The maximum atomic E-state index is 13.1. The van der Waals surface area contributed by atoms with Crippen LogP contribution in [0.15, 0.2) is 40.0 Å². The van der Waals surface area contributed by atoms with Crippen molar-refractivity contribution in [1.82, 2.24) is 0 Å². The molecule has 5 rings (SSSR count). The molecule has 0 saturated heterocycles. The molecule has 27 heavy (non-hydrogen) atoms. The molecule has 1 aromatic heterocycles. The monoisotopic (exact) mass is 370 g/mol. The third kappa shape index (κ3) is 1.88. The molecule has 2 atom stereocenters. The number of aromatic hydroxyl groups is 2. The highest BCUT2D eigenvalue weighted by atomic mass is 16.6. The van der Waals surface area contributed by atoms with Gasteiger partial charge in [0.2, 0.25) is 17.9 Å². The lowest BCUT2D eigenvalue weighted by molar-refractivity contribution is -0.155. The van der Waals surface area contributed by atoms with E-state index in [0.29, 0.717) is 0 Å². The van der Waals surface area contributed by atoms with Gasteiger partial charge in [-0.2, -0.15) is 0 Å². The van der Waals surface area contributed by atoms with Crippen molar-refractivity contribution >= 4 is 28.5 Å². The number of phenolic OH excluding ortho intramolecular Hbond substituents is 2. The van der Waals surface area contributed by atoms with E-state index in [9.17, 15) is 29.7 Å². The quantitative estimate of drug-likeness (QED) is 0.458. The predicted molar refractivity (Wildman–Crippen MR) is 84.9 cm³/mol. The predicted octanol–water partition coefficient (Wildman–Crippen LogP) is 1.07. The number of aliphatic hydroxyl groups excluding tert-OH is 1. The zero-order valence-corrected chi connectivity index (χ0v) is 13.4. The zero-order valence-electron chi connectivity index (χ0n) is 13.4. The summed E-state index contributed by atoms with van der Waals surface area (Å²) in [4.78, 5) is 37.7. The number of hydrogen-bond donors (Lipinski definition) is 3. The standard InChI is InChI=1S/C18H10O9/c19-7-3-6-9(4-8(7)20)25-16-12(6)14(23)17-13(15(16)24)18(5-11(22)26-17)2-1-10(21)27-18/h1-4,11,19-20,22H,5H2/t11-,18-/m1/s1.